The van der Waals surface area contributed by atoms with Crippen molar-refractivity contribution < 1.29 is 31.5 Å². The number of methoxy groups -OCH3 is 1. The van der Waals surface area contributed by atoms with Crippen molar-refractivity contribution >= 4 is 18.6 Å². The second-order valence-corrected chi connectivity index (χ2v) is 7.48. The van der Waals surface area contributed by atoms with Gasteiger partial charge in [-0.1, -0.05) is 13.8 Å². The van der Waals surface area contributed by atoms with E-state index in [9.17, 15) is 26.7 Å². The Kier molecular flexibility index (Phi) is 7.38. The zero-order valence-corrected chi connectivity index (χ0v) is 17.5. The van der Waals surface area contributed by atoms with E-state index in [1.54, 1.807) is 26.8 Å². The Morgan fingerprint density at radius 2 is 1.87 bits per heavy atom. The number of esters is 1. The Morgan fingerprint density at radius 3 is 2.33 bits per heavy atom. The number of hydrogen-bond acceptors (Lipinski definition) is 6. The van der Waals surface area contributed by atoms with E-state index in [4.69, 9.17) is 0 Å². The molecule has 164 valence electrons. The first kappa shape index (κ1) is 24.0. The molecule has 0 aliphatic rings. The summed E-state index contributed by atoms with van der Waals surface area (Å²) in [6, 6.07) is 1.54. The largest absolute Gasteiger partial charge is 0.465 e. The molecular weight excluding hydrogens is 429 g/mol. The molecule has 1 unspecified atom stereocenters. The molecule has 2 aromatic rings. The summed E-state index contributed by atoms with van der Waals surface area (Å²) in [5.74, 6) is -1.55. The number of aryl methyl sites for hydroxylation is 1. The summed E-state index contributed by atoms with van der Waals surface area (Å²) in [5.41, 5.74) is -3.82. The van der Waals surface area contributed by atoms with Crippen LogP contribution in [0, 0.1) is 12.8 Å². The van der Waals surface area contributed by atoms with Gasteiger partial charge in [0.15, 0.2) is 0 Å². The van der Waals surface area contributed by atoms with Crippen LogP contribution in [-0.2, 0) is 17.3 Å². The lowest BCUT2D eigenvalue weighted by atomic mass is 9.89. The lowest BCUT2D eigenvalue weighted by Gasteiger charge is -2.25. The highest BCUT2D eigenvalue weighted by atomic mass is 32.1. The highest BCUT2D eigenvalue weighted by Crippen LogP contribution is 2.43. The number of nitrogens with zero attached hydrogens (tertiary/aromatic N) is 3. The van der Waals surface area contributed by atoms with Crippen molar-refractivity contribution in [2.75, 3.05) is 7.11 Å². The second kappa shape index (κ2) is 9.23. The molecule has 0 aliphatic heterocycles. The summed E-state index contributed by atoms with van der Waals surface area (Å²) in [7, 11) is 0.954. The number of alkyl halides is 5. The van der Waals surface area contributed by atoms with Crippen LogP contribution in [0.4, 0.5) is 22.0 Å². The first-order chi connectivity index (χ1) is 13.9. The van der Waals surface area contributed by atoms with Gasteiger partial charge in [-0.2, -0.15) is 25.8 Å². The van der Waals surface area contributed by atoms with Gasteiger partial charge in [-0.25, -0.2) is 28.5 Å². The molecule has 5 nitrogen and oxygen atoms in total. The molecule has 2 aromatic heterocycles. The Balaban J connectivity index is 2.99. The molecular formula is C19H20F5N3O2S. The SMILES string of the molecule is COC(=O)c1c(C(F)F)nc(C(F)(F)F)c(C(S)c2nccc(C)n2)c1CC(C)C. The van der Waals surface area contributed by atoms with Crippen molar-refractivity contribution in [3.63, 3.8) is 0 Å². The van der Waals surface area contributed by atoms with Crippen LogP contribution in [0.25, 0.3) is 0 Å². The van der Waals surface area contributed by atoms with E-state index in [1.807, 2.05) is 0 Å². The van der Waals surface area contributed by atoms with Crippen molar-refractivity contribution in [2.24, 2.45) is 5.92 Å². The summed E-state index contributed by atoms with van der Waals surface area (Å²) < 4.78 is 73.5. The standard InChI is InChI=1S/C19H20F5N3O2S/c1-8(2)7-10-11(18(28)29-4)13(16(20)21)27-15(19(22,23)24)12(10)14(30)17-25-6-5-9(3)26-17/h5-6,8,14,16,30H,7H2,1-4H3. The van der Waals surface area contributed by atoms with Crippen LogP contribution >= 0.6 is 12.6 Å². The van der Waals surface area contributed by atoms with Gasteiger partial charge < -0.3 is 4.74 Å². The molecule has 0 aliphatic carbocycles. The zero-order chi connectivity index (χ0) is 22.8. The number of thiol groups is 1. The Bertz CT molecular complexity index is 935. The normalized spacial score (nSPS) is 13.1. The van der Waals surface area contributed by atoms with Gasteiger partial charge >= 0.3 is 12.1 Å². The third-order valence-corrected chi connectivity index (χ3v) is 4.67. The van der Waals surface area contributed by atoms with Crippen molar-refractivity contribution in [2.45, 2.75) is 45.0 Å². The van der Waals surface area contributed by atoms with E-state index in [0.717, 1.165) is 7.11 Å². The van der Waals surface area contributed by atoms with Crippen molar-refractivity contribution in [1.29, 1.82) is 0 Å². The van der Waals surface area contributed by atoms with Crippen LogP contribution in [0.2, 0.25) is 0 Å². The van der Waals surface area contributed by atoms with Crippen molar-refractivity contribution in [3.8, 4) is 0 Å². The number of rotatable bonds is 6. The van der Waals surface area contributed by atoms with Crippen molar-refractivity contribution in [1.82, 2.24) is 15.0 Å². The van der Waals surface area contributed by atoms with Gasteiger partial charge in [0, 0.05) is 17.5 Å². The van der Waals surface area contributed by atoms with Gasteiger partial charge in [0.25, 0.3) is 6.43 Å². The summed E-state index contributed by atoms with van der Waals surface area (Å²) in [6.07, 6.45) is -7.27. The number of aromatic nitrogens is 3. The third-order valence-electron chi connectivity index (χ3n) is 4.18. The third kappa shape index (κ3) is 5.05. The predicted octanol–water partition coefficient (Wildman–Crippen LogP) is 5.14. The zero-order valence-electron chi connectivity index (χ0n) is 16.6. The Labute approximate surface area is 175 Å². The number of hydrogen-bond donors (Lipinski definition) is 1. The first-order valence-corrected chi connectivity index (χ1v) is 9.38. The number of carbonyl (C=O) groups excluding carboxylic acids is 1. The number of halogens is 5. The average molecular weight is 449 g/mol. The molecule has 2 heterocycles. The molecule has 0 bridgehead atoms. The molecule has 1 atom stereocenters. The molecule has 2 rings (SSSR count). The summed E-state index contributed by atoms with van der Waals surface area (Å²) in [5, 5.41) is -1.36. The first-order valence-electron chi connectivity index (χ1n) is 8.86. The smallest absolute Gasteiger partial charge is 0.433 e. The molecule has 0 aromatic carbocycles. The highest BCUT2D eigenvalue weighted by molar-refractivity contribution is 7.80. The minimum Gasteiger partial charge on any atom is -0.465 e. The van der Waals surface area contributed by atoms with Gasteiger partial charge in [-0.3, -0.25) is 0 Å². The number of carbonyl (C=O) groups is 1. The maximum absolute atomic E-state index is 13.9. The van der Waals surface area contributed by atoms with Gasteiger partial charge in [0.1, 0.15) is 17.2 Å². The van der Waals surface area contributed by atoms with E-state index < -0.39 is 46.3 Å². The molecule has 0 amide bonds. The molecule has 0 saturated heterocycles. The van der Waals surface area contributed by atoms with Crippen molar-refractivity contribution in [3.05, 3.63) is 51.9 Å². The fraction of sp³-hybridized carbons (Fsp3) is 0.474. The van der Waals surface area contributed by atoms with Gasteiger partial charge in [0.2, 0.25) is 0 Å². The van der Waals surface area contributed by atoms with Gasteiger partial charge in [0.05, 0.1) is 17.9 Å². The van der Waals surface area contributed by atoms with Crippen LogP contribution < -0.4 is 0 Å². The lowest BCUT2D eigenvalue weighted by molar-refractivity contribution is -0.142. The summed E-state index contributed by atoms with van der Waals surface area (Å²) >= 11 is 4.28. The average Bonchev–Trinajstić information content (AvgIpc) is 2.64. The van der Waals surface area contributed by atoms with E-state index in [-0.39, 0.29) is 23.7 Å². The van der Waals surface area contributed by atoms with E-state index >= 15 is 0 Å². The minimum atomic E-state index is -5.08. The van der Waals surface area contributed by atoms with Crippen LogP contribution in [-0.4, -0.2) is 28.0 Å². The van der Waals surface area contributed by atoms with E-state index in [0.29, 0.717) is 5.69 Å². The molecule has 0 spiro atoms. The fourth-order valence-electron chi connectivity index (χ4n) is 3.02. The van der Waals surface area contributed by atoms with Crippen LogP contribution in [0.15, 0.2) is 12.3 Å². The number of pyridine rings is 1. The van der Waals surface area contributed by atoms with E-state index in [2.05, 4.69) is 32.3 Å². The van der Waals surface area contributed by atoms with Gasteiger partial charge in [-0.15, -0.1) is 0 Å². The van der Waals surface area contributed by atoms with Gasteiger partial charge in [-0.05, 0) is 30.9 Å². The molecule has 0 fully saturated rings. The maximum Gasteiger partial charge on any atom is 0.433 e. The van der Waals surface area contributed by atoms with Crippen LogP contribution in [0.3, 0.4) is 0 Å². The van der Waals surface area contributed by atoms with Crippen LogP contribution in [0.1, 0.15) is 69.9 Å². The number of ether oxygens (including phenoxy) is 1. The highest BCUT2D eigenvalue weighted by Gasteiger charge is 2.42. The predicted molar refractivity (Wildman–Crippen MR) is 102 cm³/mol. The molecule has 11 heteroatoms. The fourth-order valence-corrected chi connectivity index (χ4v) is 3.42. The van der Waals surface area contributed by atoms with Crippen LogP contribution in [0.5, 0.6) is 0 Å². The summed E-state index contributed by atoms with van der Waals surface area (Å²) in [6.45, 7) is 4.97. The summed E-state index contributed by atoms with van der Waals surface area (Å²) in [4.78, 5) is 23.6. The Hall–Kier alpha value is -2.30. The Morgan fingerprint density at radius 1 is 1.23 bits per heavy atom. The molecule has 0 N–H and O–H groups in total. The van der Waals surface area contributed by atoms with E-state index in [1.165, 1.54) is 6.20 Å². The quantitative estimate of drug-likeness (QED) is 0.376. The molecule has 0 saturated carbocycles. The lowest BCUT2D eigenvalue weighted by Crippen LogP contribution is -2.24. The molecule has 30 heavy (non-hydrogen) atoms. The molecule has 0 radical (unpaired) electrons. The topological polar surface area (TPSA) is 65.0 Å². The second-order valence-electron chi connectivity index (χ2n) is 6.96. The minimum absolute atomic E-state index is 0.0729. The maximum atomic E-state index is 13.9. The monoisotopic (exact) mass is 449 g/mol.